The number of benzene rings is 2. The smallest absolute Gasteiger partial charge is 0.241 e. The van der Waals surface area contributed by atoms with Gasteiger partial charge in [-0.15, -0.1) is 0 Å². The maximum Gasteiger partial charge on any atom is 0.241 e. The summed E-state index contributed by atoms with van der Waals surface area (Å²) in [7, 11) is -1.63. The average Bonchev–Trinajstić information content (AvgIpc) is 2.52. The second kappa shape index (κ2) is 8.10. The minimum atomic E-state index is -1.63. The maximum atomic E-state index is 6.64. The Morgan fingerprint density at radius 1 is 0.952 bits per heavy atom. The van der Waals surface area contributed by atoms with E-state index in [1.54, 1.807) is 0 Å². The average molecular weight is 410 g/mol. The van der Waals surface area contributed by atoms with Gasteiger partial charge in [0.1, 0.15) is 3.61 Å². The standard InChI is InChI=1S/C18H23IOSi/c1-3-4-15-18(2,19)20-21(16-11-7-5-8-12-16)17-13-9-6-10-14-17/h5-14,21H,3-4,15H2,1-2H3. The molecule has 0 aliphatic carbocycles. The minimum absolute atomic E-state index is 0.0870. The van der Waals surface area contributed by atoms with E-state index in [1.807, 2.05) is 0 Å². The molecule has 0 heterocycles. The van der Waals surface area contributed by atoms with Crippen molar-refractivity contribution < 1.29 is 4.43 Å². The van der Waals surface area contributed by atoms with Gasteiger partial charge in [0.05, 0.1) is 0 Å². The first-order valence-electron chi connectivity index (χ1n) is 7.59. The fourth-order valence-electron chi connectivity index (χ4n) is 2.38. The van der Waals surface area contributed by atoms with Gasteiger partial charge in [0.25, 0.3) is 0 Å². The van der Waals surface area contributed by atoms with Crippen LogP contribution in [0.3, 0.4) is 0 Å². The molecule has 0 spiro atoms. The zero-order valence-corrected chi connectivity index (χ0v) is 16.1. The van der Waals surface area contributed by atoms with Crippen LogP contribution >= 0.6 is 22.6 Å². The van der Waals surface area contributed by atoms with Crippen LogP contribution in [-0.2, 0) is 4.43 Å². The molecule has 2 aromatic rings. The van der Waals surface area contributed by atoms with Crippen molar-refractivity contribution in [2.45, 2.75) is 36.7 Å². The second-order valence-corrected chi connectivity index (χ2v) is 10.1. The van der Waals surface area contributed by atoms with E-state index < -0.39 is 9.04 Å². The van der Waals surface area contributed by atoms with Crippen LogP contribution in [0.4, 0.5) is 0 Å². The molecule has 0 aromatic heterocycles. The minimum Gasteiger partial charge on any atom is -0.397 e. The molecule has 0 bridgehead atoms. The van der Waals surface area contributed by atoms with E-state index in [0.717, 1.165) is 6.42 Å². The molecule has 1 nitrogen and oxygen atoms in total. The van der Waals surface area contributed by atoms with Crippen molar-refractivity contribution >= 4 is 42.0 Å². The molecule has 2 rings (SSSR count). The van der Waals surface area contributed by atoms with Crippen molar-refractivity contribution in [3.05, 3.63) is 60.7 Å². The number of hydrogen-bond donors (Lipinski definition) is 0. The highest BCUT2D eigenvalue weighted by Gasteiger charge is 2.28. The van der Waals surface area contributed by atoms with Crippen molar-refractivity contribution in [3.8, 4) is 0 Å². The second-order valence-electron chi connectivity index (χ2n) is 5.52. The summed E-state index contributed by atoms with van der Waals surface area (Å²) in [5.74, 6) is 0. The van der Waals surface area contributed by atoms with E-state index in [1.165, 1.54) is 23.2 Å². The van der Waals surface area contributed by atoms with Crippen molar-refractivity contribution in [2.75, 3.05) is 0 Å². The monoisotopic (exact) mass is 410 g/mol. The number of halogens is 1. The van der Waals surface area contributed by atoms with Gasteiger partial charge >= 0.3 is 0 Å². The number of unbranched alkanes of at least 4 members (excludes halogenated alkanes) is 1. The summed E-state index contributed by atoms with van der Waals surface area (Å²) in [4.78, 5) is 0. The molecule has 0 fully saturated rings. The van der Waals surface area contributed by atoms with Gasteiger partial charge in [-0.2, -0.15) is 0 Å². The third kappa shape index (κ3) is 5.24. The molecule has 1 unspecified atom stereocenters. The Balaban J connectivity index is 2.25. The molecule has 0 radical (unpaired) electrons. The lowest BCUT2D eigenvalue weighted by Gasteiger charge is -2.29. The van der Waals surface area contributed by atoms with Crippen LogP contribution in [0.5, 0.6) is 0 Å². The Labute approximate surface area is 143 Å². The molecule has 21 heavy (non-hydrogen) atoms. The third-order valence-corrected chi connectivity index (χ3v) is 7.56. The van der Waals surface area contributed by atoms with Crippen molar-refractivity contribution in [1.82, 2.24) is 0 Å². The molecule has 1 atom stereocenters. The third-order valence-electron chi connectivity index (χ3n) is 3.55. The van der Waals surface area contributed by atoms with Gasteiger partial charge in [0.15, 0.2) is 0 Å². The van der Waals surface area contributed by atoms with Gasteiger partial charge in [0.2, 0.25) is 9.04 Å². The van der Waals surface area contributed by atoms with Crippen LogP contribution in [0.2, 0.25) is 0 Å². The van der Waals surface area contributed by atoms with Gasteiger partial charge in [-0.05, 0) is 46.3 Å². The van der Waals surface area contributed by atoms with Crippen molar-refractivity contribution in [2.24, 2.45) is 0 Å². The van der Waals surface area contributed by atoms with Gasteiger partial charge < -0.3 is 4.43 Å². The molecule has 0 saturated heterocycles. The van der Waals surface area contributed by atoms with Crippen LogP contribution < -0.4 is 10.4 Å². The SMILES string of the molecule is CCCCC(C)(I)O[SiH](c1ccccc1)c1ccccc1. The first-order valence-corrected chi connectivity index (χ1v) is 10.3. The summed E-state index contributed by atoms with van der Waals surface area (Å²) in [6.45, 7) is 4.45. The lowest BCUT2D eigenvalue weighted by Crippen LogP contribution is -2.49. The Morgan fingerprint density at radius 3 is 1.86 bits per heavy atom. The van der Waals surface area contributed by atoms with Crippen LogP contribution in [0, 0.1) is 0 Å². The Hall–Kier alpha value is -0.653. The van der Waals surface area contributed by atoms with E-state index in [0.29, 0.717) is 0 Å². The fourth-order valence-corrected chi connectivity index (χ4v) is 5.94. The maximum absolute atomic E-state index is 6.64. The predicted octanol–water partition coefficient (Wildman–Crippen LogP) is 3.88. The quantitative estimate of drug-likeness (QED) is 0.383. The number of rotatable bonds is 7. The fraction of sp³-hybridized carbons (Fsp3) is 0.333. The summed E-state index contributed by atoms with van der Waals surface area (Å²) < 4.78 is 6.55. The molecule has 0 aliphatic heterocycles. The molecular formula is C18H23IOSi. The highest BCUT2D eigenvalue weighted by Crippen LogP contribution is 2.27. The largest absolute Gasteiger partial charge is 0.397 e. The molecular weight excluding hydrogens is 387 g/mol. The van der Waals surface area contributed by atoms with Gasteiger partial charge in [-0.3, -0.25) is 0 Å². The summed E-state index contributed by atoms with van der Waals surface area (Å²) in [5.41, 5.74) is 0. The molecule has 112 valence electrons. The van der Waals surface area contributed by atoms with Gasteiger partial charge in [0, 0.05) is 0 Å². The normalized spacial score (nSPS) is 14.1. The molecule has 0 N–H and O–H groups in total. The summed E-state index contributed by atoms with van der Waals surface area (Å²) >= 11 is 2.48. The van der Waals surface area contributed by atoms with E-state index in [-0.39, 0.29) is 3.61 Å². The van der Waals surface area contributed by atoms with Crippen LogP contribution in [0.15, 0.2) is 60.7 Å². The molecule has 0 amide bonds. The number of hydrogen-bond acceptors (Lipinski definition) is 1. The Morgan fingerprint density at radius 2 is 1.43 bits per heavy atom. The molecule has 3 heteroatoms. The van der Waals surface area contributed by atoms with E-state index in [2.05, 4.69) is 97.1 Å². The predicted molar refractivity (Wildman–Crippen MR) is 102 cm³/mol. The highest BCUT2D eigenvalue weighted by molar-refractivity contribution is 14.1. The first-order chi connectivity index (χ1) is 10.1. The van der Waals surface area contributed by atoms with E-state index in [4.69, 9.17) is 4.43 Å². The van der Waals surface area contributed by atoms with Crippen LogP contribution in [0.25, 0.3) is 0 Å². The molecule has 0 aliphatic rings. The zero-order valence-electron chi connectivity index (χ0n) is 12.8. The highest BCUT2D eigenvalue weighted by atomic mass is 127. The molecule has 2 aromatic carbocycles. The van der Waals surface area contributed by atoms with Gasteiger partial charge in [-0.1, -0.05) is 80.4 Å². The lowest BCUT2D eigenvalue weighted by atomic mass is 10.2. The van der Waals surface area contributed by atoms with Crippen molar-refractivity contribution in [1.29, 1.82) is 0 Å². The summed E-state index contributed by atoms with van der Waals surface area (Å²) in [5, 5.41) is 2.70. The first kappa shape index (κ1) is 16.7. The lowest BCUT2D eigenvalue weighted by molar-refractivity contribution is 0.197. The summed E-state index contributed by atoms with van der Waals surface area (Å²) in [6, 6.07) is 21.4. The Kier molecular flexibility index (Phi) is 6.45. The van der Waals surface area contributed by atoms with Crippen LogP contribution in [0.1, 0.15) is 33.1 Å². The summed E-state index contributed by atoms with van der Waals surface area (Å²) in [6.07, 6.45) is 3.53. The van der Waals surface area contributed by atoms with Crippen LogP contribution in [-0.4, -0.2) is 12.6 Å². The number of alkyl halides is 1. The van der Waals surface area contributed by atoms with E-state index >= 15 is 0 Å². The van der Waals surface area contributed by atoms with Gasteiger partial charge in [-0.25, -0.2) is 0 Å². The molecule has 0 saturated carbocycles. The van der Waals surface area contributed by atoms with Crippen molar-refractivity contribution in [3.63, 3.8) is 0 Å². The van der Waals surface area contributed by atoms with E-state index in [9.17, 15) is 0 Å². The topological polar surface area (TPSA) is 9.23 Å². The Bertz CT molecular complexity index is 488. The zero-order chi connectivity index (χ0) is 15.1.